The van der Waals surface area contributed by atoms with Crippen molar-refractivity contribution in [3.63, 3.8) is 0 Å². The molecular weight excluding hydrogens is 635 g/mol. The Hall–Kier alpha value is -6.87. The fourth-order valence-electron chi connectivity index (χ4n) is 8.46. The van der Waals surface area contributed by atoms with Gasteiger partial charge in [0, 0.05) is 39.4 Å². The number of aromatic nitrogens is 1. The molecule has 0 fully saturated rings. The molecule has 3 unspecified atom stereocenters. The van der Waals surface area contributed by atoms with Crippen molar-refractivity contribution in [2.24, 2.45) is 0 Å². The SMILES string of the molecule is C=C/C(C#N)=C\c1c(C)n(-c2ccccc2-c2cccc(C#N)c2C2=CC(C)(N3c4ccccc4C4C=CC=CC43)CC=C2)c2ccc(C#N)cc12. The maximum atomic E-state index is 10.6. The molecule has 3 atom stereocenters. The Labute approximate surface area is 304 Å². The maximum absolute atomic E-state index is 10.6. The van der Waals surface area contributed by atoms with Crippen molar-refractivity contribution >= 4 is 28.2 Å². The van der Waals surface area contributed by atoms with Gasteiger partial charge in [0.25, 0.3) is 0 Å². The summed E-state index contributed by atoms with van der Waals surface area (Å²) in [7, 11) is 0. The van der Waals surface area contributed by atoms with E-state index in [-0.39, 0.29) is 17.5 Å². The monoisotopic (exact) mass is 669 g/mol. The van der Waals surface area contributed by atoms with Gasteiger partial charge in [-0.05, 0) is 79.4 Å². The second-order valence-corrected chi connectivity index (χ2v) is 13.7. The molecule has 0 amide bonds. The number of allylic oxidation sites excluding steroid dienone is 6. The van der Waals surface area contributed by atoms with Crippen molar-refractivity contribution in [3.8, 4) is 35.0 Å². The Kier molecular flexibility index (Phi) is 7.95. The van der Waals surface area contributed by atoms with Crippen LogP contribution in [0.1, 0.15) is 52.8 Å². The van der Waals surface area contributed by atoms with Crippen molar-refractivity contribution in [1.29, 1.82) is 15.8 Å². The Morgan fingerprint density at radius 2 is 1.65 bits per heavy atom. The first-order valence-electron chi connectivity index (χ1n) is 17.5. The summed E-state index contributed by atoms with van der Waals surface area (Å²) in [6, 6.07) is 35.8. The van der Waals surface area contributed by atoms with Crippen molar-refractivity contribution in [2.45, 2.75) is 37.8 Å². The van der Waals surface area contributed by atoms with E-state index in [2.05, 4.69) is 126 Å². The summed E-state index contributed by atoms with van der Waals surface area (Å²) < 4.78 is 2.19. The topological polar surface area (TPSA) is 79.5 Å². The minimum Gasteiger partial charge on any atom is -0.355 e. The number of hydrogen-bond acceptors (Lipinski definition) is 4. The molecular formula is C47H35N5. The quantitative estimate of drug-likeness (QED) is 0.133. The predicted molar refractivity (Wildman–Crippen MR) is 211 cm³/mol. The van der Waals surface area contributed by atoms with E-state index in [0.717, 1.165) is 56.5 Å². The molecule has 0 saturated carbocycles. The van der Waals surface area contributed by atoms with Crippen LogP contribution in [0, 0.1) is 40.9 Å². The number of hydrogen-bond donors (Lipinski definition) is 0. The lowest BCUT2D eigenvalue weighted by molar-refractivity contribution is 0.484. The Balaban J connectivity index is 1.33. The largest absolute Gasteiger partial charge is 0.355 e. The van der Waals surface area contributed by atoms with E-state index < -0.39 is 0 Å². The van der Waals surface area contributed by atoms with Gasteiger partial charge in [-0.3, -0.25) is 0 Å². The zero-order chi connectivity index (χ0) is 36.0. The molecule has 0 N–H and O–H groups in total. The number of nitriles is 3. The average molecular weight is 670 g/mol. The third-order valence-electron chi connectivity index (χ3n) is 10.7. The minimum atomic E-state index is -0.356. The zero-order valence-electron chi connectivity index (χ0n) is 29.1. The van der Waals surface area contributed by atoms with E-state index in [4.69, 9.17) is 0 Å². The van der Waals surface area contributed by atoms with E-state index in [9.17, 15) is 15.8 Å². The van der Waals surface area contributed by atoms with Gasteiger partial charge >= 0.3 is 0 Å². The van der Waals surface area contributed by atoms with Gasteiger partial charge in [0.2, 0.25) is 0 Å². The maximum Gasteiger partial charge on any atom is 0.0998 e. The molecule has 5 nitrogen and oxygen atoms in total. The Morgan fingerprint density at radius 1 is 0.885 bits per heavy atom. The number of para-hydroxylation sites is 2. The molecule has 8 rings (SSSR count). The second-order valence-electron chi connectivity index (χ2n) is 13.7. The molecule has 248 valence electrons. The Morgan fingerprint density at radius 3 is 2.44 bits per heavy atom. The Bertz CT molecular complexity index is 2600. The van der Waals surface area contributed by atoms with Crippen LogP contribution < -0.4 is 4.90 Å². The summed E-state index contributed by atoms with van der Waals surface area (Å²) in [5.74, 6) is 0.286. The van der Waals surface area contributed by atoms with E-state index in [0.29, 0.717) is 16.7 Å². The highest BCUT2D eigenvalue weighted by Gasteiger charge is 2.44. The minimum absolute atomic E-state index is 0.195. The average Bonchev–Trinajstić information content (AvgIpc) is 3.67. The van der Waals surface area contributed by atoms with Crippen LogP contribution in [0.25, 0.3) is 39.4 Å². The molecule has 5 aromatic rings. The third kappa shape index (κ3) is 5.05. The first-order chi connectivity index (χ1) is 25.4. The highest BCUT2D eigenvalue weighted by molar-refractivity contribution is 5.97. The van der Waals surface area contributed by atoms with Crippen LogP contribution in [0.3, 0.4) is 0 Å². The van der Waals surface area contributed by atoms with Gasteiger partial charge in [0.1, 0.15) is 0 Å². The van der Waals surface area contributed by atoms with Crippen molar-refractivity contribution in [1.82, 2.24) is 4.57 Å². The van der Waals surface area contributed by atoms with E-state index in [1.165, 1.54) is 11.3 Å². The summed E-state index contributed by atoms with van der Waals surface area (Å²) >= 11 is 0. The normalized spacial score (nSPS) is 20.1. The summed E-state index contributed by atoms with van der Waals surface area (Å²) in [4.78, 5) is 2.57. The summed E-state index contributed by atoms with van der Waals surface area (Å²) in [5, 5.41) is 31.0. The van der Waals surface area contributed by atoms with Gasteiger partial charge in [-0.1, -0.05) is 104 Å². The third-order valence-corrected chi connectivity index (χ3v) is 10.7. The first-order valence-corrected chi connectivity index (χ1v) is 17.5. The molecule has 0 spiro atoms. The molecule has 1 aliphatic heterocycles. The number of benzene rings is 4. The van der Waals surface area contributed by atoms with E-state index >= 15 is 0 Å². The smallest absolute Gasteiger partial charge is 0.0998 e. The van der Waals surface area contributed by atoms with Crippen molar-refractivity contribution in [3.05, 3.63) is 179 Å². The summed E-state index contributed by atoms with van der Waals surface area (Å²) in [6.45, 7) is 8.17. The van der Waals surface area contributed by atoms with Gasteiger partial charge in [0.05, 0.1) is 57.7 Å². The second kappa shape index (κ2) is 12.8. The van der Waals surface area contributed by atoms with E-state index in [1.807, 2.05) is 55.5 Å². The fourth-order valence-corrected chi connectivity index (χ4v) is 8.46. The molecule has 2 heterocycles. The first kappa shape index (κ1) is 32.3. The van der Waals surface area contributed by atoms with Gasteiger partial charge in [-0.15, -0.1) is 0 Å². The molecule has 3 aliphatic rings. The standard InChI is InChI=1S/C47H35N5/c1-4-32(28-48)25-40-31(2)51(43-23-22-33(29-49)26-41(40)43)42-19-8-5-17-38(42)39-18-11-13-35(30-50)46(39)34-14-12-24-47(3,27-34)52-44-20-9-6-15-36(44)37-16-7-10-21-45(37)52/h4-23,25-27,36,44H,1,24H2,2-3H3/b32-25+. The number of nitrogens with zero attached hydrogens (tertiary/aromatic N) is 5. The van der Waals surface area contributed by atoms with Crippen LogP contribution in [0.2, 0.25) is 0 Å². The molecule has 0 saturated heterocycles. The van der Waals surface area contributed by atoms with Crippen LogP contribution in [0.4, 0.5) is 5.69 Å². The number of anilines is 1. The molecule has 0 radical (unpaired) electrons. The van der Waals surface area contributed by atoms with Crippen LogP contribution >= 0.6 is 0 Å². The summed E-state index contributed by atoms with van der Waals surface area (Å²) in [5.41, 5.74) is 11.2. The molecule has 52 heavy (non-hydrogen) atoms. The van der Waals surface area contributed by atoms with Crippen LogP contribution in [-0.4, -0.2) is 16.1 Å². The van der Waals surface area contributed by atoms with E-state index in [1.54, 1.807) is 6.08 Å². The van der Waals surface area contributed by atoms with Crippen LogP contribution in [0.15, 0.2) is 146 Å². The van der Waals surface area contributed by atoms with Crippen LogP contribution in [-0.2, 0) is 0 Å². The molecule has 0 bridgehead atoms. The highest BCUT2D eigenvalue weighted by atomic mass is 15.2. The zero-order valence-corrected chi connectivity index (χ0v) is 29.1. The fraction of sp³-hybridized carbons (Fsp3) is 0.128. The van der Waals surface area contributed by atoms with Gasteiger partial charge < -0.3 is 9.47 Å². The molecule has 4 aromatic carbocycles. The summed E-state index contributed by atoms with van der Waals surface area (Å²) in [6.07, 6.45) is 19.9. The predicted octanol–water partition coefficient (Wildman–Crippen LogP) is 10.6. The molecule has 5 heteroatoms. The lowest BCUT2D eigenvalue weighted by atomic mass is 9.81. The van der Waals surface area contributed by atoms with Gasteiger partial charge in [-0.25, -0.2) is 0 Å². The highest BCUT2D eigenvalue weighted by Crippen LogP contribution is 2.50. The van der Waals surface area contributed by atoms with Crippen molar-refractivity contribution < 1.29 is 0 Å². The van der Waals surface area contributed by atoms with Gasteiger partial charge in [0.15, 0.2) is 0 Å². The van der Waals surface area contributed by atoms with Gasteiger partial charge in [-0.2, -0.15) is 15.8 Å². The number of rotatable bonds is 6. The lowest BCUT2D eigenvalue weighted by Crippen LogP contribution is -2.50. The lowest BCUT2D eigenvalue weighted by Gasteiger charge is -2.44. The molecule has 2 aliphatic carbocycles. The van der Waals surface area contributed by atoms with Crippen LogP contribution in [0.5, 0.6) is 0 Å². The molecule has 1 aromatic heterocycles. The van der Waals surface area contributed by atoms with Crippen molar-refractivity contribution in [2.75, 3.05) is 4.90 Å². The number of fused-ring (bicyclic) bond motifs is 4.